The molecule has 0 aliphatic carbocycles. The molecular weight excluding hydrogens is 337 g/mol. The normalized spacial score (nSPS) is 9.58. The molecule has 0 saturated carbocycles. The van der Waals surface area contributed by atoms with Crippen molar-refractivity contribution in [3.05, 3.63) is 26.0 Å². The molecule has 64 valence electrons. The third-order valence-corrected chi connectivity index (χ3v) is 2.52. The molecule has 0 bridgehead atoms. The highest BCUT2D eigenvalue weighted by molar-refractivity contribution is 14.1. The molecular formula is C7H5BrINO2. The summed E-state index contributed by atoms with van der Waals surface area (Å²) < 4.78 is 5.99. The van der Waals surface area contributed by atoms with Crippen LogP contribution in [0.15, 0.2) is 16.9 Å². The molecule has 3 nitrogen and oxygen atoms in total. The first-order valence-corrected chi connectivity index (χ1v) is 4.91. The van der Waals surface area contributed by atoms with Gasteiger partial charge in [-0.25, -0.2) is 9.78 Å². The van der Waals surface area contributed by atoms with Crippen LogP contribution in [0.25, 0.3) is 0 Å². The number of halogens is 2. The third kappa shape index (κ3) is 2.16. The Balaban J connectivity index is 3.13. The lowest BCUT2D eigenvalue weighted by Crippen LogP contribution is -2.04. The van der Waals surface area contributed by atoms with Crippen LogP contribution < -0.4 is 0 Å². The molecule has 5 heteroatoms. The van der Waals surface area contributed by atoms with Gasteiger partial charge in [-0.1, -0.05) is 0 Å². The van der Waals surface area contributed by atoms with E-state index >= 15 is 0 Å². The Hall–Kier alpha value is -0.170. The van der Waals surface area contributed by atoms with Crippen molar-refractivity contribution in [2.24, 2.45) is 0 Å². The first kappa shape index (κ1) is 9.91. The average Bonchev–Trinajstić information content (AvgIpc) is 2.08. The molecule has 0 radical (unpaired) electrons. The lowest BCUT2D eigenvalue weighted by Gasteiger charge is -2.01. The zero-order valence-corrected chi connectivity index (χ0v) is 9.92. The standard InChI is InChI=1S/C7H5BrINO2/c1-12-7(11)4-2-6(8)10-3-5(4)9/h2-3H,1H3. The number of hydrogen-bond donors (Lipinski definition) is 0. The molecule has 0 unspecified atom stereocenters. The Labute approximate surface area is 91.8 Å². The number of nitrogens with zero attached hydrogens (tertiary/aromatic N) is 1. The van der Waals surface area contributed by atoms with Gasteiger partial charge >= 0.3 is 5.97 Å². The van der Waals surface area contributed by atoms with Crippen molar-refractivity contribution in [1.29, 1.82) is 0 Å². The number of pyridine rings is 1. The van der Waals surface area contributed by atoms with E-state index in [1.807, 2.05) is 22.6 Å². The second-order valence-corrected chi connectivity index (χ2v) is 3.95. The van der Waals surface area contributed by atoms with Crippen LogP contribution >= 0.6 is 38.5 Å². The van der Waals surface area contributed by atoms with Gasteiger partial charge in [0.2, 0.25) is 0 Å². The van der Waals surface area contributed by atoms with E-state index in [1.165, 1.54) is 7.11 Å². The van der Waals surface area contributed by atoms with Gasteiger partial charge in [0.05, 0.1) is 12.7 Å². The van der Waals surface area contributed by atoms with E-state index in [1.54, 1.807) is 12.3 Å². The molecule has 0 spiro atoms. The van der Waals surface area contributed by atoms with E-state index in [4.69, 9.17) is 0 Å². The van der Waals surface area contributed by atoms with Crippen LogP contribution in [0, 0.1) is 3.57 Å². The minimum Gasteiger partial charge on any atom is -0.465 e. The van der Waals surface area contributed by atoms with Crippen molar-refractivity contribution < 1.29 is 9.53 Å². The fraction of sp³-hybridized carbons (Fsp3) is 0.143. The summed E-state index contributed by atoms with van der Waals surface area (Å²) in [6.45, 7) is 0. The zero-order chi connectivity index (χ0) is 9.14. The first-order chi connectivity index (χ1) is 5.65. The van der Waals surface area contributed by atoms with E-state index in [-0.39, 0.29) is 5.97 Å². The Bertz CT molecular complexity index is 316. The van der Waals surface area contributed by atoms with Gasteiger partial charge in [0.25, 0.3) is 0 Å². The topological polar surface area (TPSA) is 39.2 Å². The summed E-state index contributed by atoms with van der Waals surface area (Å²) in [5.74, 6) is -0.345. The molecule has 0 saturated heterocycles. The summed E-state index contributed by atoms with van der Waals surface area (Å²) in [5, 5.41) is 0. The van der Waals surface area contributed by atoms with E-state index in [0.717, 1.165) is 3.57 Å². The van der Waals surface area contributed by atoms with Gasteiger partial charge in [-0.2, -0.15) is 0 Å². The number of ether oxygens (including phenoxy) is 1. The number of esters is 1. The van der Waals surface area contributed by atoms with Crippen molar-refractivity contribution in [3.63, 3.8) is 0 Å². The summed E-state index contributed by atoms with van der Waals surface area (Å²) in [5.41, 5.74) is 0.528. The van der Waals surface area contributed by atoms with Gasteiger partial charge in [0.15, 0.2) is 0 Å². The number of rotatable bonds is 1. The Morgan fingerprint density at radius 2 is 2.42 bits per heavy atom. The predicted molar refractivity (Wildman–Crippen MR) is 56.0 cm³/mol. The summed E-state index contributed by atoms with van der Waals surface area (Å²) >= 11 is 5.20. The molecule has 0 aliphatic heterocycles. The van der Waals surface area contributed by atoms with Crippen LogP contribution in [0.1, 0.15) is 10.4 Å². The van der Waals surface area contributed by atoms with Gasteiger partial charge in [-0.3, -0.25) is 0 Å². The number of carbonyl (C=O) groups excluding carboxylic acids is 1. The highest BCUT2D eigenvalue weighted by Gasteiger charge is 2.10. The smallest absolute Gasteiger partial charge is 0.339 e. The molecule has 1 heterocycles. The molecule has 12 heavy (non-hydrogen) atoms. The van der Waals surface area contributed by atoms with Crippen molar-refractivity contribution in [1.82, 2.24) is 4.98 Å². The summed E-state index contributed by atoms with van der Waals surface area (Å²) in [6.07, 6.45) is 1.61. The molecule has 0 fully saturated rings. The maximum Gasteiger partial charge on any atom is 0.339 e. The van der Waals surface area contributed by atoms with Gasteiger partial charge in [-0.05, 0) is 44.6 Å². The van der Waals surface area contributed by atoms with Crippen LogP contribution in [-0.2, 0) is 4.74 Å². The van der Waals surface area contributed by atoms with Crippen LogP contribution in [0.4, 0.5) is 0 Å². The van der Waals surface area contributed by atoms with Gasteiger partial charge in [0.1, 0.15) is 4.60 Å². The molecule has 1 rings (SSSR count). The van der Waals surface area contributed by atoms with Gasteiger partial charge in [0, 0.05) is 9.77 Å². The zero-order valence-electron chi connectivity index (χ0n) is 6.17. The molecule has 0 atom stereocenters. The molecule has 1 aromatic rings. The minimum atomic E-state index is -0.345. The van der Waals surface area contributed by atoms with Crippen LogP contribution in [-0.4, -0.2) is 18.1 Å². The highest BCUT2D eigenvalue weighted by Crippen LogP contribution is 2.16. The quantitative estimate of drug-likeness (QED) is 0.447. The Morgan fingerprint density at radius 3 is 3.00 bits per heavy atom. The minimum absolute atomic E-state index is 0.345. The van der Waals surface area contributed by atoms with Crippen LogP contribution in [0.3, 0.4) is 0 Å². The van der Waals surface area contributed by atoms with Crippen molar-refractivity contribution in [3.8, 4) is 0 Å². The lowest BCUT2D eigenvalue weighted by molar-refractivity contribution is 0.0599. The van der Waals surface area contributed by atoms with Crippen LogP contribution in [0.5, 0.6) is 0 Å². The second-order valence-electron chi connectivity index (χ2n) is 1.98. The maximum absolute atomic E-state index is 11.1. The van der Waals surface area contributed by atoms with Crippen molar-refractivity contribution >= 4 is 44.5 Å². The average molecular weight is 342 g/mol. The maximum atomic E-state index is 11.1. The van der Waals surface area contributed by atoms with Gasteiger partial charge in [-0.15, -0.1) is 0 Å². The van der Waals surface area contributed by atoms with E-state index < -0.39 is 0 Å². The summed E-state index contributed by atoms with van der Waals surface area (Å²) in [6, 6.07) is 1.63. The fourth-order valence-electron chi connectivity index (χ4n) is 0.680. The predicted octanol–water partition coefficient (Wildman–Crippen LogP) is 2.24. The van der Waals surface area contributed by atoms with E-state index in [2.05, 4.69) is 25.7 Å². The van der Waals surface area contributed by atoms with Crippen molar-refractivity contribution in [2.75, 3.05) is 7.11 Å². The number of carbonyl (C=O) groups is 1. The summed E-state index contributed by atoms with van der Waals surface area (Å²) in [7, 11) is 1.35. The van der Waals surface area contributed by atoms with Crippen LogP contribution in [0.2, 0.25) is 0 Å². The Morgan fingerprint density at radius 1 is 1.75 bits per heavy atom. The number of methoxy groups -OCH3 is 1. The SMILES string of the molecule is COC(=O)c1cc(Br)ncc1I. The molecule has 0 aromatic carbocycles. The molecule has 1 aromatic heterocycles. The largest absolute Gasteiger partial charge is 0.465 e. The molecule has 0 N–H and O–H groups in total. The summed E-state index contributed by atoms with van der Waals surface area (Å²) in [4.78, 5) is 15.1. The monoisotopic (exact) mass is 341 g/mol. The van der Waals surface area contributed by atoms with E-state index in [0.29, 0.717) is 10.2 Å². The third-order valence-electron chi connectivity index (χ3n) is 1.23. The second kappa shape index (κ2) is 4.18. The first-order valence-electron chi connectivity index (χ1n) is 3.04. The number of aromatic nitrogens is 1. The fourth-order valence-corrected chi connectivity index (χ4v) is 1.53. The van der Waals surface area contributed by atoms with Gasteiger partial charge < -0.3 is 4.74 Å². The number of hydrogen-bond acceptors (Lipinski definition) is 3. The molecule has 0 amide bonds. The Kier molecular flexibility index (Phi) is 3.45. The van der Waals surface area contributed by atoms with Crippen molar-refractivity contribution in [2.45, 2.75) is 0 Å². The van der Waals surface area contributed by atoms with E-state index in [9.17, 15) is 4.79 Å². The molecule has 0 aliphatic rings. The lowest BCUT2D eigenvalue weighted by atomic mass is 10.3. The highest BCUT2D eigenvalue weighted by atomic mass is 127.